The number of anilines is 2. The van der Waals surface area contributed by atoms with Crippen molar-refractivity contribution >= 4 is 39.5 Å². The lowest BCUT2D eigenvalue weighted by Crippen LogP contribution is -2.51. The zero-order valence-corrected chi connectivity index (χ0v) is 23.9. The number of nitrogens with zero attached hydrogens (tertiary/aromatic N) is 3. The Labute approximate surface area is 240 Å². The summed E-state index contributed by atoms with van der Waals surface area (Å²) in [6, 6.07) is 16.0. The molecule has 2 aliphatic rings. The first-order chi connectivity index (χ1) is 19.4. The summed E-state index contributed by atoms with van der Waals surface area (Å²) in [6.07, 6.45) is 5.42. The van der Waals surface area contributed by atoms with Crippen LogP contribution in [-0.2, 0) is 30.7 Å². The molecule has 6 nitrogen and oxygen atoms in total. The molecule has 3 N–H and O–H groups in total. The molecular formula is C33H37N5OS. The van der Waals surface area contributed by atoms with Gasteiger partial charge in [-0.25, -0.2) is 0 Å². The van der Waals surface area contributed by atoms with E-state index in [-0.39, 0.29) is 11.9 Å². The number of amides is 1. The van der Waals surface area contributed by atoms with Crippen molar-refractivity contribution in [3.05, 3.63) is 107 Å². The van der Waals surface area contributed by atoms with Crippen LogP contribution in [0.2, 0.25) is 0 Å². The van der Waals surface area contributed by atoms with E-state index in [9.17, 15) is 4.79 Å². The van der Waals surface area contributed by atoms with Gasteiger partial charge in [-0.1, -0.05) is 43.5 Å². The van der Waals surface area contributed by atoms with Gasteiger partial charge in [0.15, 0.2) is 0 Å². The molecule has 0 saturated carbocycles. The molecule has 1 amide bonds. The van der Waals surface area contributed by atoms with Gasteiger partial charge in [0.25, 0.3) is 0 Å². The third kappa shape index (κ3) is 4.84. The van der Waals surface area contributed by atoms with E-state index >= 15 is 0 Å². The molecular weight excluding hydrogens is 514 g/mol. The monoisotopic (exact) mass is 551 g/mol. The topological polar surface area (TPSA) is 66.5 Å². The van der Waals surface area contributed by atoms with Crippen LogP contribution in [-0.4, -0.2) is 29.1 Å². The Bertz CT molecular complexity index is 1570. The van der Waals surface area contributed by atoms with Crippen molar-refractivity contribution in [2.75, 3.05) is 16.3 Å². The van der Waals surface area contributed by atoms with Crippen molar-refractivity contribution in [3.63, 3.8) is 0 Å². The van der Waals surface area contributed by atoms with Gasteiger partial charge in [-0.2, -0.15) is 11.3 Å². The van der Waals surface area contributed by atoms with Crippen LogP contribution < -0.4 is 20.9 Å². The average molecular weight is 552 g/mol. The van der Waals surface area contributed by atoms with E-state index in [4.69, 9.17) is 5.73 Å². The van der Waals surface area contributed by atoms with Crippen LogP contribution in [0.5, 0.6) is 0 Å². The number of nitrogens with two attached hydrogens (primary N) is 1. The number of hydrogen-bond acceptors (Lipinski definition) is 5. The zero-order chi connectivity index (χ0) is 27.8. The van der Waals surface area contributed by atoms with Gasteiger partial charge in [0, 0.05) is 54.5 Å². The third-order valence-electron chi connectivity index (χ3n) is 8.29. The first-order valence-corrected chi connectivity index (χ1v) is 15.1. The van der Waals surface area contributed by atoms with E-state index in [0.717, 1.165) is 48.3 Å². The van der Waals surface area contributed by atoms with Crippen molar-refractivity contribution in [2.24, 2.45) is 5.73 Å². The van der Waals surface area contributed by atoms with Crippen LogP contribution in [0.1, 0.15) is 36.5 Å². The van der Waals surface area contributed by atoms with Gasteiger partial charge in [-0.15, -0.1) is 0 Å². The predicted octanol–water partition coefficient (Wildman–Crippen LogP) is 5.97. The number of aromatic nitrogens is 1. The molecule has 0 radical (unpaired) electrons. The summed E-state index contributed by atoms with van der Waals surface area (Å²) in [5, 5.41) is 8.70. The lowest BCUT2D eigenvalue weighted by Gasteiger charge is -2.41. The van der Waals surface area contributed by atoms with Gasteiger partial charge in [0.2, 0.25) is 5.91 Å². The van der Waals surface area contributed by atoms with Crippen molar-refractivity contribution in [3.8, 4) is 0 Å². The molecule has 7 heteroatoms. The molecule has 6 rings (SSSR count). The molecule has 4 aromatic rings. The maximum absolute atomic E-state index is 13.5. The number of benzene rings is 2. The van der Waals surface area contributed by atoms with E-state index in [0.29, 0.717) is 19.4 Å². The number of carbonyl (C=O) groups is 1. The smallest absolute Gasteiger partial charge is 0.237 e. The molecule has 4 heterocycles. The normalized spacial score (nSPS) is 17.9. The molecule has 2 aliphatic heterocycles. The summed E-state index contributed by atoms with van der Waals surface area (Å²) in [7, 11) is 0. The maximum Gasteiger partial charge on any atom is 0.237 e. The fraction of sp³-hybridized carbons (Fsp3) is 0.303. The minimum absolute atomic E-state index is 0.150. The minimum Gasteiger partial charge on any atom is -0.347 e. The number of fused-ring (bicyclic) bond motifs is 2. The molecule has 0 bridgehead atoms. The molecule has 2 atom stereocenters. The second-order valence-electron chi connectivity index (χ2n) is 10.8. The molecule has 206 valence electrons. The SMILES string of the molecule is C=C1CCCN1c1cccc2c1N(Cc1ccsc1)C(=C)C(NC(=O)[C@H](N)Cc1cn(CC)c3ccccc13)C2. The Balaban J connectivity index is 1.26. The first kappa shape index (κ1) is 26.4. The molecule has 1 saturated heterocycles. The van der Waals surface area contributed by atoms with Crippen molar-refractivity contribution in [2.45, 2.75) is 57.8 Å². The standard InChI is InChI=1S/C33H37N5OS/c1-4-36-20-26(27-11-5-6-12-30(27)36)17-28(34)33(39)35-29-18-25-10-7-13-31(37-15-8-9-22(37)2)32(25)38(23(29)3)19-24-14-16-40-21-24/h5-7,10-14,16,20-21,28-29H,2-4,8-9,15,17-19,34H2,1H3,(H,35,39)/t28-,29?/m1/s1. The van der Waals surface area contributed by atoms with E-state index in [1.807, 2.05) is 12.1 Å². The fourth-order valence-corrected chi connectivity index (χ4v) is 6.86. The molecule has 1 unspecified atom stereocenters. The number of nitrogens with one attached hydrogen (secondary N) is 1. The summed E-state index contributed by atoms with van der Waals surface area (Å²) >= 11 is 1.69. The van der Waals surface area contributed by atoms with E-state index in [2.05, 4.69) is 93.1 Å². The quantitative estimate of drug-likeness (QED) is 0.283. The predicted molar refractivity (Wildman–Crippen MR) is 167 cm³/mol. The number of allylic oxidation sites excluding steroid dienone is 1. The van der Waals surface area contributed by atoms with E-state index < -0.39 is 6.04 Å². The van der Waals surface area contributed by atoms with Crippen LogP contribution in [0.3, 0.4) is 0 Å². The summed E-state index contributed by atoms with van der Waals surface area (Å²) in [5.41, 5.74) is 15.6. The Morgan fingerprint density at radius 3 is 2.77 bits per heavy atom. The molecule has 40 heavy (non-hydrogen) atoms. The molecule has 2 aromatic carbocycles. The molecule has 0 aliphatic carbocycles. The zero-order valence-electron chi connectivity index (χ0n) is 23.1. The van der Waals surface area contributed by atoms with Crippen LogP contribution in [0.4, 0.5) is 11.4 Å². The first-order valence-electron chi connectivity index (χ1n) is 14.1. The van der Waals surface area contributed by atoms with Gasteiger partial charge in [0.05, 0.1) is 23.5 Å². The molecule has 1 fully saturated rings. The van der Waals surface area contributed by atoms with Gasteiger partial charge in [-0.3, -0.25) is 4.79 Å². The number of para-hydroxylation sites is 2. The number of hydrogen-bond donors (Lipinski definition) is 2. The van der Waals surface area contributed by atoms with Crippen LogP contribution >= 0.6 is 11.3 Å². The number of carbonyl (C=O) groups excluding carboxylic acids is 1. The Kier molecular flexibility index (Phi) is 7.26. The summed E-state index contributed by atoms with van der Waals surface area (Å²) < 4.78 is 2.21. The number of aryl methyl sites for hydroxylation is 1. The lowest BCUT2D eigenvalue weighted by atomic mass is 9.93. The largest absolute Gasteiger partial charge is 0.347 e. The second kappa shape index (κ2) is 11.0. The highest BCUT2D eigenvalue weighted by Gasteiger charge is 2.34. The Hall–Kier alpha value is -3.81. The summed E-state index contributed by atoms with van der Waals surface area (Å²) in [6.45, 7) is 13.5. The van der Waals surface area contributed by atoms with Crippen LogP contribution in [0.25, 0.3) is 10.9 Å². The summed E-state index contributed by atoms with van der Waals surface area (Å²) in [4.78, 5) is 18.1. The Morgan fingerprint density at radius 2 is 2.02 bits per heavy atom. The van der Waals surface area contributed by atoms with Crippen molar-refractivity contribution in [1.29, 1.82) is 0 Å². The molecule has 0 spiro atoms. The highest BCUT2D eigenvalue weighted by atomic mass is 32.1. The van der Waals surface area contributed by atoms with Crippen molar-refractivity contribution in [1.82, 2.24) is 9.88 Å². The highest BCUT2D eigenvalue weighted by molar-refractivity contribution is 7.07. The van der Waals surface area contributed by atoms with Gasteiger partial charge in [0.1, 0.15) is 0 Å². The highest BCUT2D eigenvalue weighted by Crippen LogP contribution is 2.43. The minimum atomic E-state index is -0.658. The molecule has 2 aromatic heterocycles. The lowest BCUT2D eigenvalue weighted by molar-refractivity contribution is -0.122. The Morgan fingerprint density at radius 1 is 1.18 bits per heavy atom. The average Bonchev–Trinajstić information content (AvgIpc) is 3.71. The summed E-state index contributed by atoms with van der Waals surface area (Å²) in [5.74, 6) is -0.150. The van der Waals surface area contributed by atoms with E-state index in [1.165, 1.54) is 28.0 Å². The van der Waals surface area contributed by atoms with Crippen LogP contribution in [0, 0.1) is 0 Å². The van der Waals surface area contributed by atoms with E-state index in [1.54, 1.807) is 11.3 Å². The second-order valence-corrected chi connectivity index (χ2v) is 11.6. The van der Waals surface area contributed by atoms with Gasteiger partial charge < -0.3 is 25.4 Å². The number of rotatable bonds is 8. The van der Waals surface area contributed by atoms with Gasteiger partial charge >= 0.3 is 0 Å². The number of thiophene rings is 1. The van der Waals surface area contributed by atoms with Crippen molar-refractivity contribution < 1.29 is 4.79 Å². The third-order valence-corrected chi connectivity index (χ3v) is 9.02. The van der Waals surface area contributed by atoms with Gasteiger partial charge in [-0.05, 0) is 71.8 Å². The van der Waals surface area contributed by atoms with Crippen LogP contribution in [0.15, 0.2) is 90.0 Å². The fourth-order valence-electron chi connectivity index (χ4n) is 6.20. The maximum atomic E-state index is 13.5.